The van der Waals surface area contributed by atoms with Gasteiger partial charge in [-0.05, 0) is 60.3 Å². The van der Waals surface area contributed by atoms with E-state index >= 15 is 0 Å². The fraction of sp³-hybridized carbons (Fsp3) is 0.259. The molecule has 0 bridgehead atoms. The Balaban J connectivity index is 1.83. The first-order valence-corrected chi connectivity index (χ1v) is 10.9. The van der Waals surface area contributed by atoms with Gasteiger partial charge in [0, 0.05) is 23.7 Å². The highest BCUT2D eigenvalue weighted by Gasteiger charge is 2.17. The average molecular weight is 428 g/mol. The Hall–Kier alpha value is -3.28. The van der Waals surface area contributed by atoms with Crippen LogP contribution in [0.4, 0.5) is 0 Å². The van der Waals surface area contributed by atoms with Crippen molar-refractivity contribution in [2.45, 2.75) is 18.9 Å². The Kier molecular flexibility index (Phi) is 6.49. The van der Waals surface area contributed by atoms with Crippen LogP contribution in [0.3, 0.4) is 0 Å². The highest BCUT2D eigenvalue weighted by molar-refractivity contribution is 6.05. The van der Waals surface area contributed by atoms with Gasteiger partial charge in [-0.3, -0.25) is 9.78 Å². The Labute approximate surface area is 188 Å². The summed E-state index contributed by atoms with van der Waals surface area (Å²) in [4.78, 5) is 18.8. The molecule has 4 aromatic rings. The van der Waals surface area contributed by atoms with Crippen molar-refractivity contribution in [3.8, 4) is 11.3 Å². The van der Waals surface area contributed by atoms with Crippen LogP contribution < -0.4 is 5.73 Å². The second-order valence-electron chi connectivity index (χ2n) is 8.38. The predicted octanol–water partition coefficient (Wildman–Crippen LogP) is 4.20. The largest absolute Gasteiger partial charge is 0.468 e. The van der Waals surface area contributed by atoms with Gasteiger partial charge in [-0.25, -0.2) is 0 Å². The Morgan fingerprint density at radius 2 is 1.59 bits per heavy atom. The van der Waals surface area contributed by atoms with Crippen molar-refractivity contribution in [1.82, 2.24) is 9.88 Å². The first-order chi connectivity index (χ1) is 15.5. The van der Waals surface area contributed by atoms with Crippen LogP contribution >= 0.6 is 0 Å². The zero-order valence-corrected chi connectivity index (χ0v) is 18.8. The van der Waals surface area contributed by atoms with Crippen molar-refractivity contribution in [3.63, 3.8) is 0 Å². The molecule has 0 aliphatic rings. The molecule has 0 spiro atoms. The molecule has 1 aromatic heterocycles. The molecule has 0 saturated heterocycles. The summed E-state index contributed by atoms with van der Waals surface area (Å²) in [5.74, 6) is -0.404. The minimum absolute atomic E-state index is 0.404. The number of nitrogens with zero attached hydrogens (tertiary/aromatic N) is 2. The molecular weight excluding hydrogens is 398 g/mol. The fourth-order valence-corrected chi connectivity index (χ4v) is 4.28. The van der Waals surface area contributed by atoms with E-state index in [1.807, 2.05) is 24.4 Å². The summed E-state index contributed by atoms with van der Waals surface area (Å²) in [7, 11) is 5.55. The molecule has 4 rings (SSSR count). The van der Waals surface area contributed by atoms with Crippen molar-refractivity contribution >= 4 is 27.5 Å². The second-order valence-corrected chi connectivity index (χ2v) is 8.38. The molecule has 0 aliphatic heterocycles. The van der Waals surface area contributed by atoms with E-state index in [2.05, 4.69) is 61.5 Å². The fourth-order valence-electron chi connectivity index (χ4n) is 4.28. The minimum atomic E-state index is -0.691. The number of carbonyl (C=O) groups is 1. The summed E-state index contributed by atoms with van der Waals surface area (Å²) >= 11 is 0. The minimum Gasteiger partial charge on any atom is -0.468 e. The number of fused-ring (bicyclic) bond motifs is 2. The number of aromatic nitrogens is 1. The van der Waals surface area contributed by atoms with E-state index in [4.69, 9.17) is 15.5 Å². The molecule has 0 fully saturated rings. The molecule has 0 amide bonds. The molecule has 2 N–H and O–H groups in total. The van der Waals surface area contributed by atoms with Crippen LogP contribution in [0.5, 0.6) is 0 Å². The van der Waals surface area contributed by atoms with E-state index in [9.17, 15) is 4.79 Å². The van der Waals surface area contributed by atoms with E-state index < -0.39 is 12.0 Å². The van der Waals surface area contributed by atoms with E-state index in [1.54, 1.807) is 0 Å². The monoisotopic (exact) mass is 427 g/mol. The highest BCUT2D eigenvalue weighted by atomic mass is 16.5. The number of hydrogen-bond donors (Lipinski definition) is 1. The summed E-state index contributed by atoms with van der Waals surface area (Å²) < 4.78 is 4.81. The Morgan fingerprint density at radius 1 is 0.938 bits per heavy atom. The lowest BCUT2D eigenvalue weighted by Crippen LogP contribution is -2.33. The maximum absolute atomic E-state index is 11.9. The van der Waals surface area contributed by atoms with Crippen LogP contribution in [0.15, 0.2) is 66.9 Å². The Bertz CT molecular complexity index is 1270. The third-order valence-corrected chi connectivity index (χ3v) is 5.94. The zero-order chi connectivity index (χ0) is 22.7. The number of ether oxygens (including phenoxy) is 1. The van der Waals surface area contributed by atoms with Crippen molar-refractivity contribution in [3.05, 3.63) is 78.0 Å². The number of carbonyl (C=O) groups excluding carboxylic acids is 1. The van der Waals surface area contributed by atoms with Gasteiger partial charge in [0.1, 0.15) is 6.04 Å². The van der Waals surface area contributed by atoms with Gasteiger partial charge in [-0.1, -0.05) is 54.6 Å². The molecule has 5 nitrogen and oxygen atoms in total. The average Bonchev–Trinajstić information content (AvgIpc) is 2.81. The molecule has 164 valence electrons. The highest BCUT2D eigenvalue weighted by Crippen LogP contribution is 2.34. The molecule has 1 heterocycles. The van der Waals surface area contributed by atoms with Crippen LogP contribution in [0.1, 0.15) is 11.1 Å². The molecule has 1 atom stereocenters. The summed E-state index contributed by atoms with van der Waals surface area (Å²) in [5, 5.41) is 4.56. The number of esters is 1. The molecule has 0 unspecified atom stereocenters. The summed E-state index contributed by atoms with van der Waals surface area (Å²) in [6, 6.07) is 20.2. The van der Waals surface area contributed by atoms with Gasteiger partial charge in [-0.2, -0.15) is 0 Å². The number of rotatable bonds is 7. The summed E-state index contributed by atoms with van der Waals surface area (Å²) in [6.07, 6.45) is 3.30. The number of likely N-dealkylation sites (N-methyl/N-ethyl adjacent to an activating group) is 1. The second kappa shape index (κ2) is 9.47. The number of hydrogen-bond acceptors (Lipinski definition) is 5. The lowest BCUT2D eigenvalue weighted by molar-refractivity contribution is -0.142. The maximum atomic E-state index is 11.9. The van der Waals surface area contributed by atoms with E-state index in [1.165, 1.54) is 18.1 Å². The molecule has 32 heavy (non-hydrogen) atoms. The van der Waals surface area contributed by atoms with Crippen LogP contribution in [0.25, 0.3) is 32.8 Å². The first-order valence-electron chi connectivity index (χ1n) is 10.9. The van der Waals surface area contributed by atoms with Crippen LogP contribution in [0.2, 0.25) is 0 Å². The first kappa shape index (κ1) is 21.9. The summed E-state index contributed by atoms with van der Waals surface area (Å²) in [5.41, 5.74) is 10.4. The van der Waals surface area contributed by atoms with Gasteiger partial charge in [-0.15, -0.1) is 0 Å². The van der Waals surface area contributed by atoms with Gasteiger partial charge in [0.2, 0.25) is 0 Å². The number of nitrogens with two attached hydrogens (primary N) is 1. The van der Waals surface area contributed by atoms with E-state index in [0.717, 1.165) is 45.9 Å². The van der Waals surface area contributed by atoms with Crippen LogP contribution in [-0.2, 0) is 22.4 Å². The normalized spacial score (nSPS) is 12.4. The van der Waals surface area contributed by atoms with Crippen molar-refractivity contribution in [1.29, 1.82) is 0 Å². The van der Waals surface area contributed by atoms with Crippen LogP contribution in [0, 0.1) is 0 Å². The SMILES string of the molecule is COC(=O)[C@@H](N)Cc1cccc2c(-c3nccc4c(CCN(C)C)cccc34)cccc12. The zero-order valence-electron chi connectivity index (χ0n) is 18.8. The summed E-state index contributed by atoms with van der Waals surface area (Å²) in [6.45, 7) is 0.995. The quantitative estimate of drug-likeness (QED) is 0.448. The van der Waals surface area contributed by atoms with E-state index in [0.29, 0.717) is 6.42 Å². The molecule has 3 aromatic carbocycles. The van der Waals surface area contributed by atoms with Gasteiger partial charge < -0.3 is 15.4 Å². The van der Waals surface area contributed by atoms with Crippen molar-refractivity contribution in [2.75, 3.05) is 27.7 Å². The number of methoxy groups -OCH3 is 1. The number of benzene rings is 3. The molecule has 0 aliphatic carbocycles. The molecular formula is C27H29N3O2. The lowest BCUT2D eigenvalue weighted by atomic mass is 9.92. The smallest absolute Gasteiger partial charge is 0.322 e. The Morgan fingerprint density at radius 3 is 2.34 bits per heavy atom. The van der Waals surface area contributed by atoms with Crippen molar-refractivity contribution in [2.24, 2.45) is 5.73 Å². The van der Waals surface area contributed by atoms with Gasteiger partial charge in [0.15, 0.2) is 0 Å². The standard InChI is InChI=1S/C27H29N3O2/c1-30(2)16-14-18-7-4-11-23-21(18)13-15-29-26(23)24-12-6-9-20-19(8-5-10-22(20)24)17-25(28)27(31)32-3/h4-13,15,25H,14,16-17,28H2,1-3H3/t25-/m0/s1. The topological polar surface area (TPSA) is 68.5 Å². The van der Waals surface area contributed by atoms with Crippen LogP contribution in [-0.4, -0.2) is 49.6 Å². The predicted molar refractivity (Wildman–Crippen MR) is 131 cm³/mol. The molecule has 0 saturated carbocycles. The van der Waals surface area contributed by atoms with Gasteiger partial charge in [0.05, 0.1) is 12.8 Å². The van der Waals surface area contributed by atoms with Gasteiger partial charge in [0.25, 0.3) is 0 Å². The number of pyridine rings is 1. The molecule has 0 radical (unpaired) electrons. The third kappa shape index (κ3) is 4.35. The maximum Gasteiger partial charge on any atom is 0.322 e. The third-order valence-electron chi connectivity index (χ3n) is 5.94. The lowest BCUT2D eigenvalue weighted by Gasteiger charge is -2.15. The van der Waals surface area contributed by atoms with Crippen molar-refractivity contribution < 1.29 is 9.53 Å². The van der Waals surface area contributed by atoms with E-state index in [-0.39, 0.29) is 0 Å². The van der Waals surface area contributed by atoms with Gasteiger partial charge >= 0.3 is 5.97 Å². The molecule has 5 heteroatoms.